The smallest absolute Gasteiger partial charge is 0.0714 e. The van der Waals surface area contributed by atoms with E-state index in [-0.39, 0.29) is 0 Å². The third-order valence-corrected chi connectivity index (χ3v) is 24.3. The fraction of sp³-hybridized carbons (Fsp3) is 0.00870. The Balaban J connectivity index is 0.000000111. The largest absolute Gasteiger partial charge is 0.355 e. The number of hydrogen-bond acceptors (Lipinski definition) is 3. The predicted molar refractivity (Wildman–Crippen MR) is 514 cm³/mol. The molecule has 0 radical (unpaired) electrons. The van der Waals surface area contributed by atoms with Crippen molar-refractivity contribution in [3.8, 4) is 56.1 Å². The van der Waals surface area contributed by atoms with Gasteiger partial charge in [0.2, 0.25) is 0 Å². The monoisotopic (exact) mass is 1560 g/mol. The van der Waals surface area contributed by atoms with Gasteiger partial charge in [-0.1, -0.05) is 328 Å². The Morgan fingerprint density at radius 2 is 0.410 bits per heavy atom. The normalized spacial score (nSPS) is 12.0. The van der Waals surface area contributed by atoms with Crippen molar-refractivity contribution in [1.82, 2.24) is 18.3 Å². The zero-order chi connectivity index (χ0) is 80.9. The minimum atomic E-state index is -0.421. The molecule has 19 aromatic carbocycles. The highest BCUT2D eigenvalue weighted by atomic mass is 15.0. The van der Waals surface area contributed by atoms with Crippen LogP contribution in [0.4, 0.5) is 34.1 Å². The number of rotatable bonds is 14. The second-order valence-electron chi connectivity index (χ2n) is 31.4. The molecule has 0 saturated heterocycles. The van der Waals surface area contributed by atoms with Crippen LogP contribution in [0.3, 0.4) is 0 Å². The highest BCUT2D eigenvalue weighted by molar-refractivity contribution is 6.14. The minimum absolute atomic E-state index is 0.421. The molecule has 576 valence electrons. The summed E-state index contributed by atoms with van der Waals surface area (Å²) < 4.78 is 9.46. The standard InChI is InChI=1S/C43H30N2.C42H29N3.C30H22N2/c1-4-14-30(15-5-1)43(31-16-6-2-7-17-31)39-22-12-10-20-35(39)36-26-24-32(28-40(36)43)44-33-25-27-38-37-21-11-13-23-41(37)45(42(38)29-33)34-18-8-3-9-19-34;1-3-11-29(12-4-1)30-19-23-34(24-20-30)45-40-18-10-8-16-36(40)38-26-22-32(28-42(38)45)43-31-21-25-37-35-15-7-9-17-39(35)44(41(37)27-31)33-13-5-2-6-14-33;1-3-9-22(10-4-1)23-15-18-26(19-16-23)32-29-14-8-7-13-27(29)28-20-17-25(21-30(28)32)31-24-11-5-2-6-12-24/h1-29,44H;1-28,43H;1-21,31H. The van der Waals surface area contributed by atoms with E-state index in [4.69, 9.17) is 0 Å². The lowest BCUT2D eigenvalue weighted by molar-refractivity contribution is 0.769. The molecule has 0 spiro atoms. The Hall–Kier alpha value is -16.2. The molecule has 7 heteroatoms. The van der Waals surface area contributed by atoms with Gasteiger partial charge < -0.3 is 34.2 Å². The van der Waals surface area contributed by atoms with Crippen LogP contribution < -0.4 is 16.0 Å². The quantitative estimate of drug-likeness (QED) is 0.102. The fourth-order valence-corrected chi connectivity index (χ4v) is 18.9. The molecule has 0 fully saturated rings. The summed E-state index contributed by atoms with van der Waals surface area (Å²) in [6.45, 7) is 0. The summed E-state index contributed by atoms with van der Waals surface area (Å²) in [4.78, 5) is 0. The average molecular weight is 1560 g/mol. The number of fused-ring (bicyclic) bond motifs is 15. The molecule has 3 N–H and O–H groups in total. The molecule has 0 aliphatic heterocycles. The van der Waals surface area contributed by atoms with Gasteiger partial charge in [-0.25, -0.2) is 0 Å². The summed E-state index contributed by atoms with van der Waals surface area (Å²) in [7, 11) is 0. The lowest BCUT2D eigenvalue weighted by Gasteiger charge is -2.34. The molecule has 1 aliphatic rings. The highest BCUT2D eigenvalue weighted by Crippen LogP contribution is 2.57. The molecular weight excluding hydrogens is 1480 g/mol. The molecule has 7 nitrogen and oxygen atoms in total. The highest BCUT2D eigenvalue weighted by Gasteiger charge is 2.46. The van der Waals surface area contributed by atoms with Crippen molar-refractivity contribution in [2.24, 2.45) is 0 Å². The van der Waals surface area contributed by atoms with E-state index < -0.39 is 5.41 Å². The Kier molecular flexibility index (Phi) is 18.4. The van der Waals surface area contributed by atoms with Gasteiger partial charge in [0.1, 0.15) is 0 Å². The number of nitrogens with one attached hydrogen (secondary N) is 3. The molecule has 24 rings (SSSR count). The first-order valence-electron chi connectivity index (χ1n) is 41.8. The Bertz CT molecular complexity index is 7750. The van der Waals surface area contributed by atoms with Gasteiger partial charge in [0.15, 0.2) is 0 Å². The molecule has 122 heavy (non-hydrogen) atoms. The molecule has 0 bridgehead atoms. The molecule has 0 atom stereocenters. The Morgan fingerprint density at radius 1 is 0.156 bits per heavy atom. The zero-order valence-electron chi connectivity index (χ0n) is 66.8. The first-order valence-corrected chi connectivity index (χ1v) is 41.8. The third kappa shape index (κ3) is 12.9. The minimum Gasteiger partial charge on any atom is -0.355 e. The van der Waals surface area contributed by atoms with E-state index in [0.717, 1.165) is 56.9 Å². The maximum absolute atomic E-state index is 3.80. The van der Waals surface area contributed by atoms with Crippen LogP contribution in [0.2, 0.25) is 0 Å². The van der Waals surface area contributed by atoms with Gasteiger partial charge in [-0.2, -0.15) is 0 Å². The van der Waals surface area contributed by atoms with Crippen LogP contribution in [0, 0.1) is 0 Å². The molecule has 23 aromatic rings. The van der Waals surface area contributed by atoms with E-state index in [2.05, 4.69) is 489 Å². The van der Waals surface area contributed by atoms with Crippen molar-refractivity contribution < 1.29 is 0 Å². The van der Waals surface area contributed by atoms with Crippen molar-refractivity contribution >= 4 is 121 Å². The van der Waals surface area contributed by atoms with E-state index >= 15 is 0 Å². The maximum atomic E-state index is 3.80. The lowest BCUT2D eigenvalue weighted by atomic mass is 9.67. The topological polar surface area (TPSA) is 55.8 Å². The van der Waals surface area contributed by atoms with Gasteiger partial charge in [0.05, 0.1) is 49.5 Å². The number of anilines is 6. The number of nitrogens with zero attached hydrogens (tertiary/aromatic N) is 4. The van der Waals surface area contributed by atoms with E-state index in [1.54, 1.807) is 0 Å². The number of benzene rings is 19. The third-order valence-electron chi connectivity index (χ3n) is 24.3. The second kappa shape index (κ2) is 31.0. The fourth-order valence-electron chi connectivity index (χ4n) is 18.9. The molecular formula is C115H81N7. The van der Waals surface area contributed by atoms with Crippen LogP contribution in [-0.2, 0) is 5.41 Å². The van der Waals surface area contributed by atoms with Crippen molar-refractivity contribution in [2.45, 2.75) is 5.41 Å². The Morgan fingerprint density at radius 3 is 0.779 bits per heavy atom. The van der Waals surface area contributed by atoms with Gasteiger partial charge in [-0.05, 0) is 201 Å². The van der Waals surface area contributed by atoms with Crippen LogP contribution >= 0.6 is 0 Å². The van der Waals surface area contributed by atoms with Crippen LogP contribution in [0.1, 0.15) is 22.3 Å². The van der Waals surface area contributed by atoms with E-state index in [9.17, 15) is 0 Å². The first-order chi connectivity index (χ1) is 60.5. The van der Waals surface area contributed by atoms with E-state index in [0.29, 0.717) is 0 Å². The summed E-state index contributed by atoms with van der Waals surface area (Å²) >= 11 is 0. The molecule has 4 heterocycles. The zero-order valence-corrected chi connectivity index (χ0v) is 66.8. The van der Waals surface area contributed by atoms with Crippen LogP contribution in [0.15, 0.2) is 473 Å². The van der Waals surface area contributed by atoms with Gasteiger partial charge in [-0.3, -0.25) is 0 Å². The Labute approximate surface area is 707 Å². The van der Waals surface area contributed by atoms with Gasteiger partial charge in [0, 0.05) is 100.0 Å². The number of aromatic nitrogens is 4. The SMILES string of the molecule is c1ccc(-c2ccc(-n3c4ccccc4c4ccc(Nc5ccc6c7ccccc7n(-c7ccccc7)c6c5)cc43)cc2)cc1.c1ccc(-n2c3ccccc3c3ccc(Nc4ccc5c(c4)C(c4ccccc4)(c4ccccc4)c4ccccc4-5)cc32)cc1.c1ccc(Nc2ccc3c4ccccc4n(-c4ccc(-c5ccccc5)cc4)c3c2)cc1. The molecule has 4 aromatic heterocycles. The second-order valence-corrected chi connectivity index (χ2v) is 31.4. The van der Waals surface area contributed by atoms with E-state index in [1.165, 1.54) is 143 Å². The van der Waals surface area contributed by atoms with Crippen molar-refractivity contribution in [3.63, 3.8) is 0 Å². The van der Waals surface area contributed by atoms with Crippen LogP contribution in [0.25, 0.3) is 143 Å². The number of para-hydroxylation sites is 7. The first kappa shape index (κ1) is 72.3. The summed E-state index contributed by atoms with van der Waals surface area (Å²) in [5.41, 5.74) is 32.8. The molecule has 0 saturated carbocycles. The lowest BCUT2D eigenvalue weighted by Crippen LogP contribution is -2.28. The predicted octanol–water partition coefficient (Wildman–Crippen LogP) is 30.4. The molecule has 0 unspecified atom stereocenters. The van der Waals surface area contributed by atoms with E-state index in [1.807, 2.05) is 18.2 Å². The summed E-state index contributed by atoms with van der Waals surface area (Å²) in [6, 6.07) is 169. The molecule has 1 aliphatic carbocycles. The van der Waals surface area contributed by atoms with Crippen molar-refractivity contribution in [2.75, 3.05) is 16.0 Å². The summed E-state index contributed by atoms with van der Waals surface area (Å²) in [5.74, 6) is 0. The summed E-state index contributed by atoms with van der Waals surface area (Å²) in [6.07, 6.45) is 0. The van der Waals surface area contributed by atoms with Gasteiger partial charge >= 0.3 is 0 Å². The van der Waals surface area contributed by atoms with Crippen molar-refractivity contribution in [3.05, 3.63) is 495 Å². The average Bonchev–Trinajstić information content (AvgIpc) is 1.53. The van der Waals surface area contributed by atoms with Gasteiger partial charge in [0.25, 0.3) is 0 Å². The number of hydrogen-bond donors (Lipinski definition) is 3. The van der Waals surface area contributed by atoms with Gasteiger partial charge in [-0.15, -0.1) is 0 Å². The van der Waals surface area contributed by atoms with Crippen LogP contribution in [0.5, 0.6) is 0 Å². The van der Waals surface area contributed by atoms with Crippen molar-refractivity contribution in [1.29, 1.82) is 0 Å². The maximum Gasteiger partial charge on any atom is 0.0714 e. The molecule has 0 amide bonds. The summed E-state index contributed by atoms with van der Waals surface area (Å²) in [5, 5.41) is 21.1. The van der Waals surface area contributed by atoms with Crippen LogP contribution in [-0.4, -0.2) is 18.3 Å².